The third-order valence-electron chi connectivity index (χ3n) is 1.48. The van der Waals surface area contributed by atoms with Crippen LogP contribution in [0.5, 0.6) is 5.75 Å². The van der Waals surface area contributed by atoms with E-state index < -0.39 is 0 Å². The molecule has 0 aliphatic carbocycles. The summed E-state index contributed by atoms with van der Waals surface area (Å²) in [5.41, 5.74) is 0. The van der Waals surface area contributed by atoms with E-state index in [1.807, 2.05) is 30.3 Å². The van der Waals surface area contributed by atoms with E-state index >= 15 is 0 Å². The number of para-hydroxylation sites is 1. The number of benzene rings is 1. The maximum atomic E-state index is 8.52. The molecule has 13 heavy (non-hydrogen) atoms. The van der Waals surface area contributed by atoms with Crippen molar-refractivity contribution in [1.82, 2.24) is 0 Å². The molecule has 1 aromatic rings. The monoisotopic (exact) mass is 198 g/mol. The Bertz CT molecular complexity index is 213. The van der Waals surface area contributed by atoms with Gasteiger partial charge in [0.05, 0.1) is 13.2 Å². The molecule has 0 saturated carbocycles. The summed E-state index contributed by atoms with van der Waals surface area (Å²) in [5.74, 6) is 2.63. The second kappa shape index (κ2) is 6.80. The van der Waals surface area contributed by atoms with E-state index in [1.54, 1.807) is 11.8 Å². The minimum absolute atomic E-state index is 0.246. The summed E-state index contributed by atoms with van der Waals surface area (Å²) in [6, 6.07) is 9.76. The van der Waals surface area contributed by atoms with Crippen molar-refractivity contribution in [2.24, 2.45) is 0 Å². The van der Waals surface area contributed by atoms with Crippen LogP contribution in [-0.4, -0.2) is 29.8 Å². The standard InChI is InChI=1S/C10H14O2S/c11-6-8-13-9-7-12-10-4-2-1-3-5-10/h1-5,11H,6-9H2. The maximum Gasteiger partial charge on any atom is 0.119 e. The number of aliphatic hydroxyl groups excluding tert-OH is 1. The van der Waals surface area contributed by atoms with Crippen LogP contribution in [0.15, 0.2) is 30.3 Å². The van der Waals surface area contributed by atoms with E-state index in [9.17, 15) is 0 Å². The molecule has 1 N–H and O–H groups in total. The van der Waals surface area contributed by atoms with Crippen LogP contribution in [0.4, 0.5) is 0 Å². The summed E-state index contributed by atoms with van der Waals surface area (Å²) in [7, 11) is 0. The predicted octanol–water partition coefficient (Wildman–Crippen LogP) is 1.79. The highest BCUT2D eigenvalue weighted by atomic mass is 32.2. The van der Waals surface area contributed by atoms with Gasteiger partial charge >= 0.3 is 0 Å². The van der Waals surface area contributed by atoms with E-state index in [1.165, 1.54) is 0 Å². The molecule has 0 saturated heterocycles. The van der Waals surface area contributed by atoms with Gasteiger partial charge in [0.25, 0.3) is 0 Å². The first-order valence-corrected chi connectivity index (χ1v) is 5.45. The number of thioether (sulfide) groups is 1. The van der Waals surface area contributed by atoms with Gasteiger partial charge < -0.3 is 9.84 Å². The van der Waals surface area contributed by atoms with Gasteiger partial charge in [0.15, 0.2) is 0 Å². The van der Waals surface area contributed by atoms with Crippen LogP contribution >= 0.6 is 11.8 Å². The molecule has 0 atom stereocenters. The maximum absolute atomic E-state index is 8.52. The molecule has 0 unspecified atom stereocenters. The SMILES string of the molecule is OCCSCCOc1ccccc1. The molecule has 2 nitrogen and oxygen atoms in total. The Hall–Kier alpha value is -0.670. The number of rotatable bonds is 6. The lowest BCUT2D eigenvalue weighted by Gasteiger charge is -2.04. The Morgan fingerprint density at radius 3 is 2.62 bits per heavy atom. The van der Waals surface area contributed by atoms with Crippen molar-refractivity contribution in [3.05, 3.63) is 30.3 Å². The first kappa shape index (κ1) is 10.4. The third kappa shape index (κ3) is 4.80. The summed E-state index contributed by atoms with van der Waals surface area (Å²) in [6.45, 7) is 0.949. The van der Waals surface area contributed by atoms with Crippen LogP contribution in [0.2, 0.25) is 0 Å². The van der Waals surface area contributed by atoms with Gasteiger partial charge in [0.1, 0.15) is 5.75 Å². The fourth-order valence-corrected chi connectivity index (χ4v) is 1.44. The Morgan fingerprint density at radius 1 is 1.15 bits per heavy atom. The third-order valence-corrected chi connectivity index (χ3v) is 2.40. The van der Waals surface area contributed by atoms with E-state index in [0.29, 0.717) is 6.61 Å². The highest BCUT2D eigenvalue weighted by Crippen LogP contribution is 2.08. The number of hydrogen-bond donors (Lipinski definition) is 1. The van der Waals surface area contributed by atoms with Crippen LogP contribution < -0.4 is 4.74 Å². The zero-order valence-corrected chi connectivity index (χ0v) is 8.30. The lowest BCUT2D eigenvalue weighted by molar-refractivity contribution is 0.321. The zero-order valence-electron chi connectivity index (χ0n) is 7.48. The van der Waals surface area contributed by atoms with Gasteiger partial charge in [0.2, 0.25) is 0 Å². The Kier molecular flexibility index (Phi) is 5.45. The van der Waals surface area contributed by atoms with Gasteiger partial charge in [-0.15, -0.1) is 0 Å². The summed E-state index contributed by atoms with van der Waals surface area (Å²) >= 11 is 1.70. The molecule has 0 aliphatic rings. The van der Waals surface area contributed by atoms with Gasteiger partial charge in [-0.05, 0) is 12.1 Å². The van der Waals surface area contributed by atoms with Crippen LogP contribution in [0, 0.1) is 0 Å². The first-order chi connectivity index (χ1) is 6.43. The van der Waals surface area contributed by atoms with Crippen molar-refractivity contribution in [3.63, 3.8) is 0 Å². The summed E-state index contributed by atoms with van der Waals surface area (Å²) in [6.07, 6.45) is 0. The minimum atomic E-state index is 0.246. The predicted molar refractivity (Wildman–Crippen MR) is 56.3 cm³/mol. The molecule has 0 fully saturated rings. The highest BCUT2D eigenvalue weighted by molar-refractivity contribution is 7.99. The lowest BCUT2D eigenvalue weighted by Crippen LogP contribution is -2.01. The lowest BCUT2D eigenvalue weighted by atomic mass is 10.3. The van der Waals surface area contributed by atoms with Crippen LogP contribution in [0.25, 0.3) is 0 Å². The van der Waals surface area contributed by atoms with Crippen LogP contribution in [0.1, 0.15) is 0 Å². The van der Waals surface area contributed by atoms with Crippen molar-refractivity contribution in [1.29, 1.82) is 0 Å². The minimum Gasteiger partial charge on any atom is -0.493 e. The quantitative estimate of drug-likeness (QED) is 0.707. The van der Waals surface area contributed by atoms with Crippen molar-refractivity contribution in [2.75, 3.05) is 24.7 Å². The molecule has 72 valence electrons. The fourth-order valence-electron chi connectivity index (χ4n) is 0.902. The molecule has 0 aromatic heterocycles. The van der Waals surface area contributed by atoms with E-state index in [-0.39, 0.29) is 6.61 Å². The number of hydrogen-bond acceptors (Lipinski definition) is 3. The molecule has 0 bridgehead atoms. The molecule has 3 heteroatoms. The molecule has 0 aliphatic heterocycles. The Morgan fingerprint density at radius 2 is 1.92 bits per heavy atom. The molecule has 0 amide bonds. The number of ether oxygens (including phenoxy) is 1. The zero-order chi connectivity index (χ0) is 9.36. The smallest absolute Gasteiger partial charge is 0.119 e. The van der Waals surface area contributed by atoms with Crippen molar-refractivity contribution in [2.45, 2.75) is 0 Å². The highest BCUT2D eigenvalue weighted by Gasteiger charge is 1.91. The van der Waals surface area contributed by atoms with Gasteiger partial charge in [-0.1, -0.05) is 18.2 Å². The van der Waals surface area contributed by atoms with E-state index in [4.69, 9.17) is 9.84 Å². The largest absolute Gasteiger partial charge is 0.493 e. The van der Waals surface area contributed by atoms with Crippen molar-refractivity contribution >= 4 is 11.8 Å². The fraction of sp³-hybridized carbons (Fsp3) is 0.400. The number of aliphatic hydroxyl groups is 1. The summed E-state index contributed by atoms with van der Waals surface area (Å²) in [5, 5.41) is 8.52. The topological polar surface area (TPSA) is 29.5 Å². The molecule has 1 rings (SSSR count). The van der Waals surface area contributed by atoms with Gasteiger partial charge in [0, 0.05) is 11.5 Å². The van der Waals surface area contributed by atoms with Gasteiger partial charge in [-0.3, -0.25) is 0 Å². The first-order valence-electron chi connectivity index (χ1n) is 4.30. The summed E-state index contributed by atoms with van der Waals surface area (Å²) in [4.78, 5) is 0. The Labute approximate surface area is 82.9 Å². The molecule has 0 heterocycles. The second-order valence-corrected chi connectivity index (χ2v) is 3.72. The van der Waals surface area contributed by atoms with E-state index in [0.717, 1.165) is 17.3 Å². The molecule has 0 spiro atoms. The van der Waals surface area contributed by atoms with Crippen molar-refractivity contribution < 1.29 is 9.84 Å². The normalized spacial score (nSPS) is 9.92. The second-order valence-electron chi connectivity index (χ2n) is 2.50. The molecular weight excluding hydrogens is 184 g/mol. The van der Waals surface area contributed by atoms with Crippen LogP contribution in [-0.2, 0) is 0 Å². The molecule has 1 aromatic carbocycles. The van der Waals surface area contributed by atoms with Crippen molar-refractivity contribution in [3.8, 4) is 5.75 Å². The molecule has 0 radical (unpaired) electrons. The van der Waals surface area contributed by atoms with E-state index in [2.05, 4.69) is 0 Å². The average molecular weight is 198 g/mol. The van der Waals surface area contributed by atoms with Gasteiger partial charge in [-0.25, -0.2) is 0 Å². The van der Waals surface area contributed by atoms with Gasteiger partial charge in [-0.2, -0.15) is 11.8 Å². The molecular formula is C10H14O2S. The average Bonchev–Trinajstić information content (AvgIpc) is 2.19. The summed E-state index contributed by atoms with van der Waals surface area (Å²) < 4.78 is 5.45. The van der Waals surface area contributed by atoms with Crippen LogP contribution in [0.3, 0.4) is 0 Å². The Balaban J connectivity index is 2.07.